The first-order valence-corrected chi connectivity index (χ1v) is 6.23. The Balaban J connectivity index is 2.40. The van der Waals surface area contributed by atoms with E-state index < -0.39 is 0 Å². The van der Waals surface area contributed by atoms with E-state index in [0.29, 0.717) is 11.6 Å². The molecule has 0 fully saturated rings. The van der Waals surface area contributed by atoms with Crippen LogP contribution in [0.1, 0.15) is 12.5 Å². The molecule has 0 bridgehead atoms. The van der Waals surface area contributed by atoms with Gasteiger partial charge in [-0.1, -0.05) is 29.8 Å². The highest BCUT2D eigenvalue weighted by Crippen LogP contribution is 2.14. The lowest BCUT2D eigenvalue weighted by Crippen LogP contribution is -2.40. The van der Waals surface area contributed by atoms with Crippen LogP contribution in [0.25, 0.3) is 0 Å². The van der Waals surface area contributed by atoms with Gasteiger partial charge in [-0.05, 0) is 25.6 Å². The van der Waals surface area contributed by atoms with Crippen LogP contribution in [0.4, 0.5) is 0 Å². The van der Waals surface area contributed by atoms with Crippen molar-refractivity contribution >= 4 is 17.5 Å². The third kappa shape index (κ3) is 4.64. The van der Waals surface area contributed by atoms with Gasteiger partial charge in [0.15, 0.2) is 0 Å². The average molecular weight is 271 g/mol. The molecule has 1 rings (SSSR count). The second-order valence-electron chi connectivity index (χ2n) is 4.31. The SMILES string of the molecule is CC(CO)N(C)CC(=O)NCc1ccccc1Cl. The van der Waals surface area contributed by atoms with Crippen LogP contribution in [0, 0.1) is 0 Å². The summed E-state index contributed by atoms with van der Waals surface area (Å²) in [6, 6.07) is 7.37. The molecular formula is C13H19ClN2O2. The molecule has 18 heavy (non-hydrogen) atoms. The summed E-state index contributed by atoms with van der Waals surface area (Å²) in [6.07, 6.45) is 0. The van der Waals surface area contributed by atoms with Crippen molar-refractivity contribution in [2.24, 2.45) is 0 Å². The van der Waals surface area contributed by atoms with E-state index in [9.17, 15) is 4.79 Å². The van der Waals surface area contributed by atoms with E-state index in [-0.39, 0.29) is 25.1 Å². The van der Waals surface area contributed by atoms with Crippen molar-refractivity contribution in [2.45, 2.75) is 19.5 Å². The zero-order valence-corrected chi connectivity index (χ0v) is 11.4. The molecule has 1 amide bonds. The number of hydrogen-bond acceptors (Lipinski definition) is 3. The van der Waals surface area contributed by atoms with Gasteiger partial charge in [0.2, 0.25) is 5.91 Å². The number of aliphatic hydroxyl groups is 1. The van der Waals surface area contributed by atoms with Crippen molar-refractivity contribution in [2.75, 3.05) is 20.2 Å². The van der Waals surface area contributed by atoms with Crippen molar-refractivity contribution in [3.05, 3.63) is 34.9 Å². The van der Waals surface area contributed by atoms with E-state index in [1.807, 2.05) is 25.1 Å². The Labute approximate surface area is 113 Å². The third-order valence-corrected chi connectivity index (χ3v) is 3.21. The number of carbonyl (C=O) groups is 1. The molecular weight excluding hydrogens is 252 g/mol. The fourth-order valence-electron chi connectivity index (χ4n) is 1.41. The number of amides is 1. The van der Waals surface area contributed by atoms with Crippen LogP contribution in [0.5, 0.6) is 0 Å². The number of aliphatic hydroxyl groups excluding tert-OH is 1. The number of nitrogens with one attached hydrogen (secondary N) is 1. The molecule has 0 spiro atoms. The molecule has 2 N–H and O–H groups in total. The maximum atomic E-state index is 11.7. The standard InChI is InChI=1S/C13H19ClN2O2/c1-10(9-17)16(2)8-13(18)15-7-11-5-3-4-6-12(11)14/h3-6,10,17H,7-9H2,1-2H3,(H,15,18). The number of likely N-dealkylation sites (N-methyl/N-ethyl adjacent to an activating group) is 1. The van der Waals surface area contributed by atoms with Crippen LogP contribution in [-0.2, 0) is 11.3 Å². The van der Waals surface area contributed by atoms with Gasteiger partial charge in [-0.25, -0.2) is 0 Å². The lowest BCUT2D eigenvalue weighted by molar-refractivity contribution is -0.122. The Morgan fingerprint density at radius 3 is 2.78 bits per heavy atom. The van der Waals surface area contributed by atoms with Crippen LogP contribution in [-0.4, -0.2) is 42.2 Å². The quantitative estimate of drug-likeness (QED) is 0.819. The first kappa shape index (κ1) is 15.0. The van der Waals surface area contributed by atoms with Crippen molar-refractivity contribution in [1.82, 2.24) is 10.2 Å². The van der Waals surface area contributed by atoms with Gasteiger partial charge in [-0.2, -0.15) is 0 Å². The number of benzene rings is 1. The summed E-state index contributed by atoms with van der Waals surface area (Å²) in [5.74, 6) is -0.0854. The van der Waals surface area contributed by atoms with Crippen molar-refractivity contribution < 1.29 is 9.90 Å². The van der Waals surface area contributed by atoms with Gasteiger partial charge < -0.3 is 10.4 Å². The number of halogens is 1. The van der Waals surface area contributed by atoms with Gasteiger partial charge in [0.1, 0.15) is 0 Å². The second kappa shape index (κ2) is 7.36. The molecule has 1 unspecified atom stereocenters. The normalized spacial score (nSPS) is 12.5. The molecule has 100 valence electrons. The number of nitrogens with zero attached hydrogens (tertiary/aromatic N) is 1. The molecule has 0 radical (unpaired) electrons. The average Bonchev–Trinajstić information content (AvgIpc) is 2.36. The van der Waals surface area contributed by atoms with Gasteiger partial charge in [0.25, 0.3) is 0 Å². The molecule has 0 aliphatic heterocycles. The summed E-state index contributed by atoms with van der Waals surface area (Å²) < 4.78 is 0. The van der Waals surface area contributed by atoms with Crippen LogP contribution in [0.2, 0.25) is 5.02 Å². The van der Waals surface area contributed by atoms with Gasteiger partial charge >= 0.3 is 0 Å². The van der Waals surface area contributed by atoms with Crippen LogP contribution in [0.15, 0.2) is 24.3 Å². The molecule has 1 atom stereocenters. The summed E-state index contributed by atoms with van der Waals surface area (Å²) in [4.78, 5) is 13.5. The number of rotatable bonds is 6. The van der Waals surface area contributed by atoms with E-state index in [2.05, 4.69) is 5.32 Å². The van der Waals surface area contributed by atoms with E-state index in [0.717, 1.165) is 5.56 Å². The Hall–Kier alpha value is -1.10. The minimum atomic E-state index is -0.0854. The molecule has 4 nitrogen and oxygen atoms in total. The maximum Gasteiger partial charge on any atom is 0.234 e. The van der Waals surface area contributed by atoms with Crippen molar-refractivity contribution in [1.29, 1.82) is 0 Å². The van der Waals surface area contributed by atoms with Crippen LogP contribution < -0.4 is 5.32 Å². The largest absolute Gasteiger partial charge is 0.395 e. The monoisotopic (exact) mass is 270 g/mol. The van der Waals surface area contributed by atoms with Gasteiger partial charge in [-0.3, -0.25) is 9.69 Å². The molecule has 0 aliphatic carbocycles. The topological polar surface area (TPSA) is 52.6 Å². The molecule has 1 aromatic rings. The maximum absolute atomic E-state index is 11.7. The molecule has 0 saturated carbocycles. The van der Waals surface area contributed by atoms with Gasteiger partial charge in [0, 0.05) is 17.6 Å². The zero-order chi connectivity index (χ0) is 13.5. The predicted octanol–water partition coefficient (Wildman–Crippen LogP) is 1.27. The summed E-state index contributed by atoms with van der Waals surface area (Å²) in [7, 11) is 1.80. The highest BCUT2D eigenvalue weighted by atomic mass is 35.5. The molecule has 0 aromatic heterocycles. The van der Waals surface area contributed by atoms with E-state index in [1.165, 1.54) is 0 Å². The second-order valence-corrected chi connectivity index (χ2v) is 4.72. The molecule has 1 aromatic carbocycles. The Bertz CT molecular complexity index is 398. The van der Waals surface area contributed by atoms with Crippen molar-refractivity contribution in [3.63, 3.8) is 0 Å². The molecule has 0 saturated heterocycles. The smallest absolute Gasteiger partial charge is 0.234 e. The summed E-state index contributed by atoms with van der Waals surface area (Å²) in [5.41, 5.74) is 0.894. The zero-order valence-electron chi connectivity index (χ0n) is 10.7. The number of carbonyl (C=O) groups excluding carboxylic acids is 1. The first-order chi connectivity index (χ1) is 8.54. The van der Waals surface area contributed by atoms with E-state index in [1.54, 1.807) is 18.0 Å². The van der Waals surface area contributed by atoms with Gasteiger partial charge in [0.05, 0.1) is 13.2 Å². The minimum Gasteiger partial charge on any atom is -0.395 e. The Kier molecular flexibility index (Phi) is 6.12. The van der Waals surface area contributed by atoms with Gasteiger partial charge in [-0.15, -0.1) is 0 Å². The van der Waals surface area contributed by atoms with E-state index >= 15 is 0 Å². The Morgan fingerprint density at radius 1 is 1.50 bits per heavy atom. The minimum absolute atomic E-state index is 0.0314. The summed E-state index contributed by atoms with van der Waals surface area (Å²) in [5, 5.41) is 12.4. The predicted molar refractivity (Wildman–Crippen MR) is 72.5 cm³/mol. The molecule has 0 heterocycles. The summed E-state index contributed by atoms with van der Waals surface area (Å²) >= 11 is 5.99. The summed E-state index contributed by atoms with van der Waals surface area (Å²) in [6.45, 7) is 2.57. The fraction of sp³-hybridized carbons (Fsp3) is 0.462. The first-order valence-electron chi connectivity index (χ1n) is 5.85. The highest BCUT2D eigenvalue weighted by molar-refractivity contribution is 6.31. The van der Waals surface area contributed by atoms with Crippen LogP contribution in [0.3, 0.4) is 0 Å². The highest BCUT2D eigenvalue weighted by Gasteiger charge is 2.12. The molecule has 5 heteroatoms. The fourth-order valence-corrected chi connectivity index (χ4v) is 1.62. The Morgan fingerprint density at radius 2 is 2.17 bits per heavy atom. The molecule has 0 aliphatic rings. The van der Waals surface area contributed by atoms with Crippen LogP contribution >= 0.6 is 11.6 Å². The van der Waals surface area contributed by atoms with E-state index in [4.69, 9.17) is 16.7 Å². The third-order valence-electron chi connectivity index (χ3n) is 2.84. The van der Waals surface area contributed by atoms with Crippen molar-refractivity contribution in [3.8, 4) is 0 Å². The lowest BCUT2D eigenvalue weighted by Gasteiger charge is -2.22. The number of hydrogen-bond donors (Lipinski definition) is 2. The lowest BCUT2D eigenvalue weighted by atomic mass is 10.2.